The lowest BCUT2D eigenvalue weighted by molar-refractivity contribution is -0.137. The Kier molecular flexibility index (Phi) is 8.57. The number of benzene rings is 2. The van der Waals surface area contributed by atoms with E-state index in [0.717, 1.165) is 36.8 Å². The number of amides is 2. The molecule has 3 aliphatic rings. The van der Waals surface area contributed by atoms with Gasteiger partial charge in [0.05, 0.1) is 0 Å². The van der Waals surface area contributed by atoms with Crippen molar-refractivity contribution in [3.63, 3.8) is 0 Å². The highest BCUT2D eigenvalue weighted by Crippen LogP contribution is 2.45. The second-order valence-electron chi connectivity index (χ2n) is 12.5. The lowest BCUT2D eigenvalue weighted by Gasteiger charge is -2.50. The van der Waals surface area contributed by atoms with Gasteiger partial charge in [0, 0.05) is 43.4 Å². The SMILES string of the molecule is CC(C)(C)OC(=O)N1CCC(N(CCCC(=O)O)C(=O)OCC2c3ccccc3-c3ccccc32)C2CCCCC21. The number of ether oxygens (including phenoxy) is 2. The summed E-state index contributed by atoms with van der Waals surface area (Å²) in [5.41, 5.74) is 4.06. The van der Waals surface area contributed by atoms with Crippen molar-refractivity contribution in [3.8, 4) is 11.1 Å². The summed E-state index contributed by atoms with van der Waals surface area (Å²) in [7, 11) is 0. The summed E-state index contributed by atoms with van der Waals surface area (Å²) in [4.78, 5) is 41.9. The van der Waals surface area contributed by atoms with Crippen LogP contribution in [0.5, 0.6) is 0 Å². The van der Waals surface area contributed by atoms with Crippen LogP contribution >= 0.6 is 0 Å². The topological polar surface area (TPSA) is 96.4 Å². The molecule has 2 fully saturated rings. The molecule has 0 aromatic heterocycles. The molecule has 2 aromatic rings. The molecule has 3 atom stereocenters. The Hall–Kier alpha value is -3.55. The van der Waals surface area contributed by atoms with Gasteiger partial charge in [0.15, 0.2) is 0 Å². The van der Waals surface area contributed by atoms with E-state index in [0.29, 0.717) is 25.9 Å². The first-order valence-electron chi connectivity index (χ1n) is 15.0. The molecule has 8 nitrogen and oxygen atoms in total. The number of hydrogen-bond acceptors (Lipinski definition) is 5. The highest BCUT2D eigenvalue weighted by molar-refractivity contribution is 5.79. The van der Waals surface area contributed by atoms with E-state index in [1.807, 2.05) is 49.9 Å². The van der Waals surface area contributed by atoms with Gasteiger partial charge < -0.3 is 24.4 Å². The summed E-state index contributed by atoms with van der Waals surface area (Å²) >= 11 is 0. The van der Waals surface area contributed by atoms with Crippen LogP contribution in [0.2, 0.25) is 0 Å². The van der Waals surface area contributed by atoms with Crippen LogP contribution in [0.25, 0.3) is 11.1 Å². The minimum Gasteiger partial charge on any atom is -0.481 e. The lowest BCUT2D eigenvalue weighted by atomic mass is 9.75. The van der Waals surface area contributed by atoms with Crippen LogP contribution in [0.15, 0.2) is 48.5 Å². The largest absolute Gasteiger partial charge is 0.481 e. The molecular formula is C33H42N2O6. The Bertz CT molecular complexity index is 1220. The van der Waals surface area contributed by atoms with Crippen molar-refractivity contribution in [2.75, 3.05) is 19.7 Å². The first kappa shape index (κ1) is 29.0. The van der Waals surface area contributed by atoms with E-state index in [-0.39, 0.29) is 43.0 Å². The highest BCUT2D eigenvalue weighted by Gasteiger charge is 2.46. The van der Waals surface area contributed by atoms with Gasteiger partial charge in [-0.2, -0.15) is 0 Å². The zero-order valence-electron chi connectivity index (χ0n) is 24.4. The summed E-state index contributed by atoms with van der Waals surface area (Å²) in [6.45, 7) is 6.63. The number of piperidine rings is 1. The van der Waals surface area contributed by atoms with Gasteiger partial charge in [-0.1, -0.05) is 61.4 Å². The Morgan fingerprint density at radius 2 is 1.59 bits per heavy atom. The van der Waals surface area contributed by atoms with E-state index in [9.17, 15) is 19.5 Å². The van der Waals surface area contributed by atoms with Crippen LogP contribution in [0.3, 0.4) is 0 Å². The van der Waals surface area contributed by atoms with Crippen LogP contribution in [0.1, 0.15) is 82.8 Å². The van der Waals surface area contributed by atoms with Crippen molar-refractivity contribution in [2.45, 2.75) is 89.3 Å². The second kappa shape index (κ2) is 12.1. The Balaban J connectivity index is 1.34. The van der Waals surface area contributed by atoms with Crippen molar-refractivity contribution in [2.24, 2.45) is 5.92 Å². The van der Waals surface area contributed by atoms with Gasteiger partial charge in [0.25, 0.3) is 0 Å². The predicted octanol–water partition coefficient (Wildman–Crippen LogP) is 6.67. The fourth-order valence-corrected chi connectivity index (χ4v) is 7.03. The molecule has 0 bridgehead atoms. The smallest absolute Gasteiger partial charge is 0.410 e. The van der Waals surface area contributed by atoms with Crippen molar-refractivity contribution < 1.29 is 29.0 Å². The normalized spacial score (nSPS) is 21.8. The lowest BCUT2D eigenvalue weighted by Crippen LogP contribution is -2.60. The van der Waals surface area contributed by atoms with Crippen LogP contribution in [-0.4, -0.2) is 70.4 Å². The van der Waals surface area contributed by atoms with Gasteiger partial charge >= 0.3 is 18.2 Å². The molecule has 1 saturated carbocycles. The number of hydrogen-bond donors (Lipinski definition) is 1. The molecule has 3 unspecified atom stereocenters. The summed E-state index contributed by atoms with van der Waals surface area (Å²) in [6.07, 6.45) is 4.07. The van der Waals surface area contributed by atoms with Gasteiger partial charge in [0.1, 0.15) is 12.2 Å². The van der Waals surface area contributed by atoms with Crippen molar-refractivity contribution in [1.29, 1.82) is 0 Å². The molecule has 0 radical (unpaired) electrons. The van der Waals surface area contributed by atoms with Gasteiger partial charge in [-0.3, -0.25) is 4.79 Å². The monoisotopic (exact) mass is 562 g/mol. The van der Waals surface area contributed by atoms with Gasteiger partial charge in [-0.15, -0.1) is 0 Å². The fraction of sp³-hybridized carbons (Fsp3) is 0.545. The molecule has 8 heteroatoms. The quantitative estimate of drug-likeness (QED) is 0.405. The minimum absolute atomic E-state index is 0.0132. The van der Waals surface area contributed by atoms with E-state index in [1.54, 1.807) is 4.90 Å². The molecular weight excluding hydrogens is 520 g/mol. The van der Waals surface area contributed by atoms with Crippen molar-refractivity contribution >= 4 is 18.2 Å². The standard InChI is InChI=1S/C33H42N2O6/c1-33(2,3)41-32(39)35-20-18-29(26-15-8-9-16-28(26)35)34(19-10-17-30(36)37)31(38)40-21-27-24-13-6-4-11-22(24)23-12-5-7-14-25(23)27/h4-7,11-14,26-29H,8-10,15-21H2,1-3H3,(H,36,37). The molecule has 0 spiro atoms. The van der Waals surface area contributed by atoms with Crippen molar-refractivity contribution in [3.05, 3.63) is 59.7 Å². The minimum atomic E-state index is -0.882. The number of nitrogens with zero attached hydrogens (tertiary/aromatic N) is 2. The number of rotatable bonds is 7. The predicted molar refractivity (Wildman–Crippen MR) is 156 cm³/mol. The van der Waals surface area contributed by atoms with E-state index in [2.05, 4.69) is 24.3 Å². The number of carbonyl (C=O) groups is 3. The summed E-state index contributed by atoms with van der Waals surface area (Å²) < 4.78 is 11.8. The first-order chi connectivity index (χ1) is 19.6. The molecule has 220 valence electrons. The van der Waals surface area contributed by atoms with Gasteiger partial charge in [0.2, 0.25) is 0 Å². The van der Waals surface area contributed by atoms with Gasteiger partial charge in [-0.25, -0.2) is 9.59 Å². The third kappa shape index (κ3) is 6.36. The molecule has 1 heterocycles. The highest BCUT2D eigenvalue weighted by atomic mass is 16.6. The molecule has 2 aromatic carbocycles. The van der Waals surface area contributed by atoms with E-state index >= 15 is 0 Å². The maximum atomic E-state index is 13.8. The van der Waals surface area contributed by atoms with Crippen LogP contribution < -0.4 is 0 Å². The molecule has 2 amide bonds. The number of likely N-dealkylation sites (tertiary alicyclic amines) is 1. The average Bonchev–Trinajstić information content (AvgIpc) is 3.26. The molecule has 41 heavy (non-hydrogen) atoms. The van der Waals surface area contributed by atoms with E-state index in [4.69, 9.17) is 9.47 Å². The molecule has 1 N–H and O–H groups in total. The zero-order valence-corrected chi connectivity index (χ0v) is 24.4. The Morgan fingerprint density at radius 3 is 2.22 bits per heavy atom. The summed E-state index contributed by atoms with van der Waals surface area (Å²) in [5.74, 6) is -0.841. The van der Waals surface area contributed by atoms with Crippen LogP contribution in [0.4, 0.5) is 9.59 Å². The fourth-order valence-electron chi connectivity index (χ4n) is 7.03. The third-order valence-electron chi connectivity index (χ3n) is 8.73. The average molecular weight is 563 g/mol. The second-order valence-corrected chi connectivity index (χ2v) is 12.5. The van der Waals surface area contributed by atoms with E-state index in [1.165, 1.54) is 11.1 Å². The van der Waals surface area contributed by atoms with Crippen LogP contribution in [-0.2, 0) is 14.3 Å². The molecule has 5 rings (SSSR count). The number of aliphatic carboxylic acids is 1. The zero-order chi connectivity index (χ0) is 29.1. The maximum absolute atomic E-state index is 13.8. The number of fused-ring (bicyclic) bond motifs is 4. The number of carboxylic acids is 1. The number of carbonyl (C=O) groups excluding carboxylic acids is 2. The van der Waals surface area contributed by atoms with Gasteiger partial charge in [-0.05, 0) is 68.7 Å². The molecule has 2 aliphatic carbocycles. The van der Waals surface area contributed by atoms with E-state index < -0.39 is 17.7 Å². The molecule has 1 saturated heterocycles. The maximum Gasteiger partial charge on any atom is 0.410 e. The first-order valence-corrected chi connectivity index (χ1v) is 15.0. The Labute approximate surface area is 242 Å². The van der Waals surface area contributed by atoms with Crippen LogP contribution in [0, 0.1) is 5.92 Å². The Morgan fingerprint density at radius 1 is 0.951 bits per heavy atom. The number of carboxylic acid groups (broad SMARTS) is 1. The summed E-state index contributed by atoms with van der Waals surface area (Å²) in [6, 6.07) is 16.3. The van der Waals surface area contributed by atoms with Crippen molar-refractivity contribution in [1.82, 2.24) is 9.80 Å². The molecule has 1 aliphatic heterocycles. The summed E-state index contributed by atoms with van der Waals surface area (Å²) in [5, 5.41) is 9.29. The third-order valence-corrected chi connectivity index (χ3v) is 8.73.